The van der Waals surface area contributed by atoms with Gasteiger partial charge in [0.25, 0.3) is 5.91 Å². The molecular formula is C17H12BrClN2O2. The Morgan fingerprint density at radius 3 is 2.74 bits per heavy atom. The Hall–Kier alpha value is -2.11. The fraction of sp³-hybridized carbons (Fsp3) is 0.0588. The van der Waals surface area contributed by atoms with Crippen LogP contribution in [0.15, 0.2) is 63.6 Å². The van der Waals surface area contributed by atoms with Gasteiger partial charge in [0.15, 0.2) is 5.76 Å². The summed E-state index contributed by atoms with van der Waals surface area (Å²) in [6.45, 7) is 0.262. The summed E-state index contributed by atoms with van der Waals surface area (Å²) in [6, 6.07) is 16.6. The number of nitrogens with one attached hydrogen (secondary N) is 1. The second-order valence-corrected chi connectivity index (χ2v) is 6.18. The van der Waals surface area contributed by atoms with Crippen molar-refractivity contribution in [1.82, 2.24) is 10.5 Å². The highest BCUT2D eigenvalue weighted by atomic mass is 79.9. The molecule has 1 aromatic heterocycles. The predicted octanol–water partition coefficient (Wildman–Crippen LogP) is 4.69. The summed E-state index contributed by atoms with van der Waals surface area (Å²) < 4.78 is 6.09. The molecule has 1 N–H and O–H groups in total. The van der Waals surface area contributed by atoms with Crippen LogP contribution in [0.1, 0.15) is 16.1 Å². The second-order valence-electron chi connectivity index (χ2n) is 4.86. The van der Waals surface area contributed by atoms with E-state index >= 15 is 0 Å². The minimum atomic E-state index is -0.263. The molecule has 116 valence electrons. The Bertz CT molecular complexity index is 834. The molecule has 0 fully saturated rings. The number of benzene rings is 2. The van der Waals surface area contributed by atoms with Crippen LogP contribution in [0.2, 0.25) is 5.02 Å². The van der Waals surface area contributed by atoms with Crippen molar-refractivity contribution in [2.45, 2.75) is 6.54 Å². The number of amides is 1. The lowest BCUT2D eigenvalue weighted by molar-refractivity contribution is 0.0950. The molecule has 0 saturated heterocycles. The maximum Gasteiger partial charge on any atom is 0.253 e. The van der Waals surface area contributed by atoms with E-state index in [0.29, 0.717) is 22.0 Å². The molecule has 0 bridgehead atoms. The molecule has 23 heavy (non-hydrogen) atoms. The fourth-order valence-electron chi connectivity index (χ4n) is 2.07. The molecule has 0 spiro atoms. The third-order valence-corrected chi connectivity index (χ3v) is 4.04. The molecule has 1 heterocycles. The molecule has 0 saturated carbocycles. The van der Waals surface area contributed by atoms with Gasteiger partial charge < -0.3 is 9.84 Å². The van der Waals surface area contributed by atoms with Crippen LogP contribution >= 0.6 is 27.5 Å². The average Bonchev–Trinajstić information content (AvgIpc) is 3.05. The van der Waals surface area contributed by atoms with Crippen molar-refractivity contribution in [3.8, 4) is 11.3 Å². The minimum Gasteiger partial charge on any atom is -0.356 e. The second kappa shape index (κ2) is 6.98. The van der Waals surface area contributed by atoms with Gasteiger partial charge in [-0.2, -0.15) is 0 Å². The predicted molar refractivity (Wildman–Crippen MR) is 92.3 cm³/mol. The summed E-state index contributed by atoms with van der Waals surface area (Å²) in [5.41, 5.74) is 1.99. The quantitative estimate of drug-likeness (QED) is 0.702. The first-order valence-corrected chi connectivity index (χ1v) is 8.05. The van der Waals surface area contributed by atoms with Crippen LogP contribution in [-0.4, -0.2) is 11.1 Å². The van der Waals surface area contributed by atoms with Crippen molar-refractivity contribution >= 4 is 33.4 Å². The zero-order valence-corrected chi connectivity index (χ0v) is 14.3. The van der Waals surface area contributed by atoms with Crippen LogP contribution in [0, 0.1) is 0 Å². The molecule has 1 amide bonds. The zero-order chi connectivity index (χ0) is 16.2. The first-order valence-electron chi connectivity index (χ1n) is 6.88. The molecule has 0 radical (unpaired) electrons. The van der Waals surface area contributed by atoms with E-state index in [9.17, 15) is 4.79 Å². The SMILES string of the molecule is O=C(NCc1cc(-c2ccccc2)on1)c1cc(Br)ccc1Cl. The number of carbonyl (C=O) groups excluding carboxylic acids is 1. The van der Waals surface area contributed by atoms with E-state index in [1.165, 1.54) is 0 Å². The number of aromatic nitrogens is 1. The highest BCUT2D eigenvalue weighted by Crippen LogP contribution is 2.22. The first-order chi connectivity index (χ1) is 11.1. The van der Waals surface area contributed by atoms with E-state index in [1.807, 2.05) is 30.3 Å². The van der Waals surface area contributed by atoms with Gasteiger partial charge in [0, 0.05) is 16.1 Å². The van der Waals surface area contributed by atoms with E-state index in [2.05, 4.69) is 26.4 Å². The van der Waals surface area contributed by atoms with Gasteiger partial charge in [-0.3, -0.25) is 4.79 Å². The van der Waals surface area contributed by atoms with E-state index in [-0.39, 0.29) is 12.5 Å². The van der Waals surface area contributed by atoms with E-state index < -0.39 is 0 Å². The van der Waals surface area contributed by atoms with Gasteiger partial charge in [-0.15, -0.1) is 0 Å². The van der Waals surface area contributed by atoms with E-state index in [4.69, 9.17) is 16.1 Å². The highest BCUT2D eigenvalue weighted by molar-refractivity contribution is 9.10. The van der Waals surface area contributed by atoms with Gasteiger partial charge in [-0.25, -0.2) is 0 Å². The largest absolute Gasteiger partial charge is 0.356 e. The van der Waals surface area contributed by atoms with Crippen molar-refractivity contribution in [3.63, 3.8) is 0 Å². The normalized spacial score (nSPS) is 10.5. The lowest BCUT2D eigenvalue weighted by Gasteiger charge is -2.05. The van der Waals surface area contributed by atoms with Crippen LogP contribution in [-0.2, 0) is 6.54 Å². The Morgan fingerprint density at radius 2 is 1.96 bits per heavy atom. The summed E-state index contributed by atoms with van der Waals surface area (Å²) in [5, 5.41) is 7.15. The highest BCUT2D eigenvalue weighted by Gasteiger charge is 2.12. The molecule has 0 aliphatic carbocycles. The Kier molecular flexibility index (Phi) is 4.79. The number of halogens is 2. The lowest BCUT2D eigenvalue weighted by Crippen LogP contribution is -2.23. The standard InChI is InChI=1S/C17H12BrClN2O2/c18-12-6-7-15(19)14(8-12)17(22)20-10-13-9-16(23-21-13)11-4-2-1-3-5-11/h1-9H,10H2,(H,20,22). The summed E-state index contributed by atoms with van der Waals surface area (Å²) in [6.07, 6.45) is 0. The molecule has 0 atom stereocenters. The van der Waals surface area contributed by atoms with Crippen LogP contribution in [0.3, 0.4) is 0 Å². The molecule has 0 unspecified atom stereocenters. The van der Waals surface area contributed by atoms with Gasteiger partial charge in [-0.05, 0) is 18.2 Å². The molecule has 3 rings (SSSR count). The molecule has 4 nitrogen and oxygen atoms in total. The minimum absolute atomic E-state index is 0.262. The third kappa shape index (κ3) is 3.81. The van der Waals surface area contributed by atoms with Gasteiger partial charge in [-0.1, -0.05) is 63.0 Å². The number of rotatable bonds is 4. The van der Waals surface area contributed by atoms with Crippen molar-refractivity contribution in [2.24, 2.45) is 0 Å². The topological polar surface area (TPSA) is 55.1 Å². The van der Waals surface area contributed by atoms with Crippen molar-refractivity contribution in [2.75, 3.05) is 0 Å². The number of carbonyl (C=O) groups is 1. The monoisotopic (exact) mass is 390 g/mol. The summed E-state index contributed by atoms with van der Waals surface area (Å²) in [5.74, 6) is 0.399. The maximum absolute atomic E-state index is 12.2. The Balaban J connectivity index is 1.68. The fourth-order valence-corrected chi connectivity index (χ4v) is 2.64. The van der Waals surface area contributed by atoms with Crippen LogP contribution < -0.4 is 5.32 Å². The number of hydrogen-bond donors (Lipinski definition) is 1. The third-order valence-electron chi connectivity index (χ3n) is 3.22. The number of nitrogens with zero attached hydrogens (tertiary/aromatic N) is 1. The zero-order valence-electron chi connectivity index (χ0n) is 11.9. The van der Waals surface area contributed by atoms with Crippen LogP contribution in [0.5, 0.6) is 0 Å². The van der Waals surface area contributed by atoms with Crippen molar-refractivity contribution in [1.29, 1.82) is 0 Å². The van der Waals surface area contributed by atoms with E-state index in [0.717, 1.165) is 10.0 Å². The summed E-state index contributed by atoms with van der Waals surface area (Å²) in [4.78, 5) is 12.2. The molecule has 0 aliphatic heterocycles. The molecule has 3 aromatic rings. The average molecular weight is 392 g/mol. The van der Waals surface area contributed by atoms with Crippen molar-refractivity contribution in [3.05, 3.63) is 75.4 Å². The molecule has 6 heteroatoms. The van der Waals surface area contributed by atoms with Crippen LogP contribution in [0.25, 0.3) is 11.3 Å². The van der Waals surface area contributed by atoms with Crippen LogP contribution in [0.4, 0.5) is 0 Å². The van der Waals surface area contributed by atoms with Crippen molar-refractivity contribution < 1.29 is 9.32 Å². The van der Waals surface area contributed by atoms with Gasteiger partial charge in [0.2, 0.25) is 0 Å². The van der Waals surface area contributed by atoms with Gasteiger partial charge >= 0.3 is 0 Å². The smallest absolute Gasteiger partial charge is 0.253 e. The van der Waals surface area contributed by atoms with E-state index in [1.54, 1.807) is 24.3 Å². The van der Waals surface area contributed by atoms with Gasteiger partial charge in [0.05, 0.1) is 17.1 Å². The molecule has 0 aliphatic rings. The molecule has 2 aromatic carbocycles. The summed E-state index contributed by atoms with van der Waals surface area (Å²) >= 11 is 9.37. The van der Waals surface area contributed by atoms with Gasteiger partial charge in [0.1, 0.15) is 5.69 Å². The number of hydrogen-bond acceptors (Lipinski definition) is 3. The summed E-state index contributed by atoms with van der Waals surface area (Å²) in [7, 11) is 0. The Morgan fingerprint density at radius 1 is 1.17 bits per heavy atom. The first kappa shape index (κ1) is 15.8. The Labute approximate surface area is 146 Å². The lowest BCUT2D eigenvalue weighted by atomic mass is 10.1. The molecular weight excluding hydrogens is 380 g/mol. The maximum atomic E-state index is 12.2.